The molecule has 9 atom stereocenters. The van der Waals surface area contributed by atoms with E-state index < -0.39 is 24.5 Å². The lowest BCUT2D eigenvalue weighted by Crippen LogP contribution is -2.49. The summed E-state index contributed by atoms with van der Waals surface area (Å²) in [6, 6.07) is 61.1. The van der Waals surface area contributed by atoms with Crippen molar-refractivity contribution in [3.63, 3.8) is 0 Å². The lowest BCUT2D eigenvalue weighted by atomic mass is 9.83. The van der Waals surface area contributed by atoms with E-state index in [1.165, 1.54) is 40.5 Å². The summed E-state index contributed by atoms with van der Waals surface area (Å²) in [6.07, 6.45) is 16.5. The van der Waals surface area contributed by atoms with Gasteiger partial charge < -0.3 is 68.7 Å². The second-order valence-corrected chi connectivity index (χ2v) is 32.5. The topological polar surface area (TPSA) is 284 Å². The molecule has 10 heterocycles. The maximum Gasteiger partial charge on any atom is 0.293 e. The fraction of sp³-hybridized carbons (Fsp3) is 0.372. The number of rotatable bonds is 31. The zero-order chi connectivity index (χ0) is 85.9. The number of likely N-dealkylation sites (tertiary alicyclic amines) is 1. The van der Waals surface area contributed by atoms with Crippen molar-refractivity contribution in [3.8, 4) is 35.0 Å². The number of aliphatic hydroxyl groups excluding tert-OH is 1. The van der Waals surface area contributed by atoms with Crippen molar-refractivity contribution in [1.82, 2.24) is 49.7 Å². The van der Waals surface area contributed by atoms with Crippen molar-refractivity contribution in [3.05, 3.63) is 276 Å². The van der Waals surface area contributed by atoms with E-state index in [0.29, 0.717) is 145 Å². The van der Waals surface area contributed by atoms with Crippen LogP contribution in [0.5, 0.6) is 35.0 Å². The van der Waals surface area contributed by atoms with E-state index in [9.17, 15) is 37.9 Å². The number of alkyl halides is 3. The summed E-state index contributed by atoms with van der Waals surface area (Å²) in [4.78, 5) is 89.1. The monoisotopic (exact) mass is 1730 g/mol. The molecule has 7 unspecified atom stereocenters. The maximum atomic E-state index is 14.9. The van der Waals surface area contributed by atoms with Crippen molar-refractivity contribution in [2.75, 3.05) is 76.2 Å². The molecule has 24 nitrogen and oxygen atoms in total. The molecule has 4 N–H and O–H groups in total. The lowest BCUT2D eigenvalue weighted by molar-refractivity contribution is -0.122. The van der Waals surface area contributed by atoms with E-state index in [1.807, 2.05) is 191 Å². The van der Waals surface area contributed by atoms with Crippen LogP contribution in [-0.4, -0.2) is 189 Å². The molecular formula is C94H105B2BrF2N12O12. The third-order valence-electron chi connectivity index (χ3n) is 21.8. The van der Waals surface area contributed by atoms with Crippen LogP contribution in [0.1, 0.15) is 133 Å². The highest BCUT2D eigenvalue weighted by molar-refractivity contribution is 9.10. The van der Waals surface area contributed by atoms with Crippen LogP contribution in [0.2, 0.25) is 0 Å². The number of hydrogen-bond donors (Lipinski definition) is 4. The largest absolute Gasteiger partial charge is 0.492 e. The van der Waals surface area contributed by atoms with Crippen molar-refractivity contribution >= 4 is 72.4 Å². The Kier molecular flexibility index (Phi) is 35.5. The first-order chi connectivity index (χ1) is 60.0. The molecule has 4 aromatic carbocycles. The number of pyridine rings is 6. The molecule has 0 spiro atoms. The van der Waals surface area contributed by atoms with Gasteiger partial charge in [0.25, 0.3) is 14.8 Å². The molecule has 10 aromatic rings. The van der Waals surface area contributed by atoms with Gasteiger partial charge in [0, 0.05) is 99.4 Å². The van der Waals surface area contributed by atoms with Crippen LogP contribution in [0.25, 0.3) is 0 Å². The maximum absolute atomic E-state index is 14.9. The van der Waals surface area contributed by atoms with Gasteiger partial charge in [0.1, 0.15) is 67.7 Å². The molecule has 6 aliphatic rings. The van der Waals surface area contributed by atoms with E-state index in [2.05, 4.69) is 61.8 Å². The average molecular weight is 1730 g/mol. The Hall–Kier alpha value is -11.2. The second-order valence-electron chi connectivity index (χ2n) is 31.2. The SMILES string of the molecule is C[C@@H](Br)C(=O)Nc1ccc(OCC2CC2)cn1.C[C@@H](C(=O)Nc1ccc(OCC2CC2)cn1)N1CCC(F)C(c2ccc(OCc3ccccc3)nc2)C1.FC1CCNCC1c1ccc(OCc2ccccc2)nc1.O=C[B]N1CCC(=O)C(c2ccc(OCc3ccccc3)nc2)C1.O=C[B]N1CCC(O)C(c2ccc(OCc3ccccc3)nc2)C1. The molecule has 2 saturated carbocycles. The average Bonchev–Trinajstić information content (AvgIpc) is 1.45. The van der Waals surface area contributed by atoms with Crippen LogP contribution in [0.15, 0.2) is 231 Å². The van der Waals surface area contributed by atoms with Crippen LogP contribution >= 0.6 is 15.9 Å². The number of Topliss-reactive ketones (excluding diaryl/α,β-unsaturated/α-hetero) is 1. The minimum absolute atomic E-state index is 0.0503. The summed E-state index contributed by atoms with van der Waals surface area (Å²) in [5, 5.41) is 19.0. The number of anilines is 2. The number of nitrogens with zero attached hydrogens (tertiary/aromatic N) is 9. The Morgan fingerprint density at radius 2 is 0.902 bits per heavy atom. The van der Waals surface area contributed by atoms with Crippen LogP contribution in [0.3, 0.4) is 0 Å². The number of nitrogens with one attached hydrogen (secondary N) is 3. The van der Waals surface area contributed by atoms with Crippen molar-refractivity contribution in [1.29, 1.82) is 0 Å². The van der Waals surface area contributed by atoms with E-state index in [0.717, 1.165) is 88.3 Å². The summed E-state index contributed by atoms with van der Waals surface area (Å²) in [6.45, 7) is 11.7. The fourth-order valence-corrected chi connectivity index (χ4v) is 14.2. The molecule has 4 saturated heterocycles. The van der Waals surface area contributed by atoms with Gasteiger partial charge >= 0.3 is 0 Å². The van der Waals surface area contributed by atoms with Gasteiger partial charge in [-0.05, 0) is 166 Å². The molecule has 2 aliphatic carbocycles. The van der Waals surface area contributed by atoms with Gasteiger partial charge in [-0.1, -0.05) is 162 Å². The van der Waals surface area contributed by atoms with Gasteiger partial charge in [0.05, 0.1) is 60.9 Å². The van der Waals surface area contributed by atoms with Gasteiger partial charge in [-0.15, -0.1) is 0 Å². The Bertz CT molecular complexity index is 4830. The van der Waals surface area contributed by atoms with Crippen LogP contribution in [0.4, 0.5) is 20.4 Å². The zero-order valence-corrected chi connectivity index (χ0v) is 70.8. The first kappa shape index (κ1) is 91.0. The third kappa shape index (κ3) is 30.1. The quantitative estimate of drug-likeness (QED) is 0.0178. The Morgan fingerprint density at radius 1 is 0.480 bits per heavy atom. The smallest absolute Gasteiger partial charge is 0.293 e. The number of ketones is 1. The van der Waals surface area contributed by atoms with E-state index in [4.69, 9.17) is 28.4 Å². The number of hydrogen-bond acceptors (Lipinski definition) is 22. The zero-order valence-electron chi connectivity index (χ0n) is 69.3. The summed E-state index contributed by atoms with van der Waals surface area (Å²) in [5.74, 6) is 5.18. The van der Waals surface area contributed by atoms with Crippen molar-refractivity contribution in [2.24, 2.45) is 11.8 Å². The predicted octanol–water partition coefficient (Wildman–Crippen LogP) is 14.1. The summed E-state index contributed by atoms with van der Waals surface area (Å²) in [7, 11) is 3.02. The Balaban J connectivity index is 0.000000144. The van der Waals surface area contributed by atoms with Crippen LogP contribution in [-0.2, 0) is 50.4 Å². The first-order valence-corrected chi connectivity index (χ1v) is 42.9. The molecule has 6 aromatic heterocycles. The van der Waals surface area contributed by atoms with E-state index in [1.54, 1.807) is 68.4 Å². The molecule has 29 heteroatoms. The molecule has 2 amide bonds. The highest BCUT2D eigenvalue weighted by Gasteiger charge is 2.36. The molecular weight excluding hydrogens is 1630 g/mol. The number of aromatic nitrogens is 6. The van der Waals surface area contributed by atoms with E-state index in [-0.39, 0.29) is 46.1 Å². The normalized spacial score (nSPS) is 19.9. The number of amides is 2. The van der Waals surface area contributed by atoms with Gasteiger partial charge in [-0.3, -0.25) is 19.3 Å². The molecule has 0 bridgehead atoms. The lowest BCUT2D eigenvalue weighted by Gasteiger charge is -2.38. The van der Waals surface area contributed by atoms with E-state index >= 15 is 0 Å². The molecule has 2 radical (unpaired) electrons. The standard InChI is InChI=1S/C29H33FN4O3.C18H20BN2O3.C18H18BN2O3.C17H19FN2O.C12H15BrN2O2/c1-20(29(35)33-27-11-10-24(16-31-27)36-18-22-7-8-22)34-14-13-26(30)25(17-34)23-9-12-28(32-15-23)37-19-21-5-3-2-4-6-21;2*22-13-19-21-9-8-17(23)16(11-21)15-6-7-18(20-10-15)24-12-14-4-2-1-3-5-14;18-16-8-9-19-11-15(16)14-6-7-17(20-10-14)21-12-13-4-2-1-3-5-13;1-8(13)12(16)15-11-5-4-10(6-14-11)17-7-9-2-3-9/h2-6,9-12,15-16,20,22,25-26H,7-8,13-14,17-19H2,1H3,(H,31,33,35);1-7,10,13,16-17,23H,8-9,11-12H2;1-7,10,13,16H,8-9,11-12H2;1-7,10,15-16,19H,8-9,11-12H2;4-6,8-9H,2-3,7H2,1H3,(H,14,15,16)/t20-,25?,26?;;;;8-/m0...1/s1. The number of carbonyl (C=O) groups is 5. The predicted molar refractivity (Wildman–Crippen MR) is 473 cm³/mol. The number of halogens is 3. The van der Waals surface area contributed by atoms with Crippen molar-refractivity contribution < 1.29 is 66.3 Å². The number of piperidine rings is 4. The van der Waals surface area contributed by atoms with Gasteiger partial charge in [-0.25, -0.2) is 38.7 Å². The van der Waals surface area contributed by atoms with Gasteiger partial charge in [-0.2, -0.15) is 0 Å². The number of carbonyl (C=O) groups excluding carboxylic acids is 5. The Labute approximate surface area is 727 Å². The highest BCUT2D eigenvalue weighted by Crippen LogP contribution is 2.35. The summed E-state index contributed by atoms with van der Waals surface area (Å²) >= 11 is 3.19. The number of aliphatic hydroxyl groups is 1. The summed E-state index contributed by atoms with van der Waals surface area (Å²) < 4.78 is 62.8. The van der Waals surface area contributed by atoms with Crippen LogP contribution < -0.4 is 44.4 Å². The van der Waals surface area contributed by atoms with Gasteiger partial charge in [0.15, 0.2) is 0 Å². The highest BCUT2D eigenvalue weighted by atomic mass is 79.9. The van der Waals surface area contributed by atoms with Gasteiger partial charge in [0.2, 0.25) is 35.3 Å². The fourth-order valence-electron chi connectivity index (χ4n) is 14.0. The number of ether oxygens (including phenoxy) is 6. The minimum Gasteiger partial charge on any atom is -0.492 e. The minimum atomic E-state index is -0.991. The molecule has 4 aliphatic heterocycles. The molecule has 16 rings (SSSR count). The van der Waals surface area contributed by atoms with Crippen LogP contribution in [0, 0.1) is 11.8 Å². The summed E-state index contributed by atoms with van der Waals surface area (Å²) in [5.41, 5.74) is 7.87. The molecule has 6 fully saturated rings. The molecule has 123 heavy (non-hydrogen) atoms. The first-order valence-electron chi connectivity index (χ1n) is 42.0. The second kappa shape index (κ2) is 48.0. The number of benzene rings is 4. The third-order valence-corrected chi connectivity index (χ3v) is 22.2. The van der Waals surface area contributed by atoms with Crippen molar-refractivity contribution in [2.45, 2.75) is 145 Å². The Morgan fingerprint density at radius 3 is 1.31 bits per heavy atom. The molecule has 640 valence electrons.